The first-order valence-electron chi connectivity index (χ1n) is 6.08. The summed E-state index contributed by atoms with van der Waals surface area (Å²) in [5.41, 5.74) is 1.65. The number of amides is 1. The van der Waals surface area contributed by atoms with E-state index >= 15 is 0 Å². The molecule has 8 heteroatoms. The Bertz CT molecular complexity index is 825. The van der Waals surface area contributed by atoms with Crippen LogP contribution in [0.4, 0.5) is 5.69 Å². The summed E-state index contributed by atoms with van der Waals surface area (Å²) in [7, 11) is 0. The van der Waals surface area contributed by atoms with E-state index in [9.17, 15) is 9.90 Å². The van der Waals surface area contributed by atoms with Gasteiger partial charge in [0, 0.05) is 0 Å². The van der Waals surface area contributed by atoms with Crippen LogP contribution in [0.25, 0.3) is 4.96 Å². The predicted octanol–water partition coefficient (Wildman–Crippen LogP) is 2.78. The molecule has 6 nitrogen and oxygen atoms in total. The highest BCUT2D eigenvalue weighted by atomic mass is 32.2. The number of carbonyl (C=O) groups excluding carboxylic acids is 1. The van der Waals surface area contributed by atoms with E-state index in [4.69, 9.17) is 0 Å². The van der Waals surface area contributed by atoms with Gasteiger partial charge in [0.2, 0.25) is 4.96 Å². The molecule has 2 N–H and O–H groups in total. The van der Waals surface area contributed by atoms with E-state index in [2.05, 4.69) is 15.4 Å². The van der Waals surface area contributed by atoms with Crippen molar-refractivity contribution >= 4 is 39.7 Å². The van der Waals surface area contributed by atoms with Gasteiger partial charge < -0.3 is 10.4 Å². The van der Waals surface area contributed by atoms with Gasteiger partial charge in [-0.1, -0.05) is 29.2 Å². The highest BCUT2D eigenvalue weighted by Gasteiger charge is 2.17. The van der Waals surface area contributed by atoms with Gasteiger partial charge >= 0.3 is 0 Å². The summed E-state index contributed by atoms with van der Waals surface area (Å²) in [6, 6.07) is 5.03. The molecule has 21 heavy (non-hydrogen) atoms. The van der Waals surface area contributed by atoms with Crippen molar-refractivity contribution in [2.24, 2.45) is 0 Å². The average Bonchev–Trinajstić information content (AvgIpc) is 3.02. The molecule has 0 aliphatic heterocycles. The van der Waals surface area contributed by atoms with E-state index in [0.29, 0.717) is 16.3 Å². The summed E-state index contributed by atoms with van der Waals surface area (Å²) in [4.78, 5) is 17.2. The number of aromatic nitrogens is 3. The maximum atomic E-state index is 12.3. The van der Waals surface area contributed by atoms with Crippen LogP contribution in [0.2, 0.25) is 0 Å². The maximum absolute atomic E-state index is 12.3. The van der Waals surface area contributed by atoms with Crippen molar-refractivity contribution in [3.05, 3.63) is 35.7 Å². The van der Waals surface area contributed by atoms with E-state index in [1.54, 1.807) is 18.2 Å². The van der Waals surface area contributed by atoms with Crippen LogP contribution < -0.4 is 5.32 Å². The Morgan fingerprint density at radius 2 is 2.29 bits per heavy atom. The standard InChI is InChI=1S/C13H12N4O2S2/c1-7-3-4-10(18)8(5-7)15-11(19)9-6-14-12-17(9)16-13(20-2)21-12/h3-6,18H,1-2H3,(H,15,19). The number of imidazole rings is 1. The highest BCUT2D eigenvalue weighted by Crippen LogP contribution is 2.26. The van der Waals surface area contributed by atoms with Crippen LogP contribution in [-0.4, -0.2) is 31.9 Å². The fourth-order valence-corrected chi connectivity index (χ4v) is 3.18. The zero-order valence-corrected chi connectivity index (χ0v) is 13.0. The number of rotatable bonds is 3. The molecule has 0 spiro atoms. The van der Waals surface area contributed by atoms with E-state index in [0.717, 1.165) is 9.90 Å². The molecule has 2 aromatic heterocycles. The lowest BCUT2D eigenvalue weighted by molar-refractivity contribution is 0.102. The summed E-state index contributed by atoms with van der Waals surface area (Å²) < 4.78 is 2.35. The van der Waals surface area contributed by atoms with Gasteiger partial charge in [-0.2, -0.15) is 4.52 Å². The van der Waals surface area contributed by atoms with Gasteiger partial charge in [-0.05, 0) is 30.9 Å². The minimum absolute atomic E-state index is 0.0257. The molecule has 1 aromatic carbocycles. The molecule has 0 aliphatic rings. The quantitative estimate of drug-likeness (QED) is 0.573. The van der Waals surface area contributed by atoms with Gasteiger partial charge in [-0.15, -0.1) is 5.10 Å². The molecular weight excluding hydrogens is 308 g/mol. The van der Waals surface area contributed by atoms with Crippen molar-refractivity contribution in [3.63, 3.8) is 0 Å². The Morgan fingerprint density at radius 3 is 3.05 bits per heavy atom. The lowest BCUT2D eigenvalue weighted by Crippen LogP contribution is -2.14. The zero-order chi connectivity index (χ0) is 15.0. The second-order valence-electron chi connectivity index (χ2n) is 4.38. The second-order valence-corrected chi connectivity index (χ2v) is 6.39. The largest absolute Gasteiger partial charge is 0.506 e. The minimum Gasteiger partial charge on any atom is -0.506 e. The average molecular weight is 320 g/mol. The van der Waals surface area contributed by atoms with Crippen molar-refractivity contribution in [3.8, 4) is 5.75 Å². The van der Waals surface area contributed by atoms with Gasteiger partial charge in [0.15, 0.2) is 10.0 Å². The van der Waals surface area contributed by atoms with Crippen molar-refractivity contribution < 1.29 is 9.90 Å². The molecule has 0 radical (unpaired) electrons. The Labute approximate surface area is 128 Å². The number of fused-ring (bicyclic) bond motifs is 1. The SMILES string of the molecule is CSc1nn2c(C(=O)Nc3cc(C)ccc3O)cnc2s1. The third-order valence-electron chi connectivity index (χ3n) is 2.87. The number of phenolic OH excluding ortho intramolecular Hbond substituents is 1. The smallest absolute Gasteiger partial charge is 0.276 e. The number of hydrogen-bond donors (Lipinski definition) is 2. The van der Waals surface area contributed by atoms with Crippen molar-refractivity contribution in [2.75, 3.05) is 11.6 Å². The number of carbonyl (C=O) groups is 1. The number of anilines is 1. The Kier molecular flexibility index (Phi) is 3.56. The summed E-state index contributed by atoms with van der Waals surface area (Å²) in [5.74, 6) is -0.334. The molecular formula is C13H12N4O2S2. The molecule has 0 saturated heterocycles. The third kappa shape index (κ3) is 2.59. The highest BCUT2D eigenvalue weighted by molar-refractivity contribution is 8.00. The molecule has 0 bridgehead atoms. The lowest BCUT2D eigenvalue weighted by atomic mass is 10.2. The summed E-state index contributed by atoms with van der Waals surface area (Å²) in [6.45, 7) is 1.89. The Balaban J connectivity index is 1.93. The van der Waals surface area contributed by atoms with Crippen molar-refractivity contribution in [1.82, 2.24) is 14.6 Å². The lowest BCUT2D eigenvalue weighted by Gasteiger charge is -2.07. The number of aryl methyl sites for hydroxylation is 1. The first-order valence-corrected chi connectivity index (χ1v) is 8.12. The van der Waals surface area contributed by atoms with Crippen LogP contribution in [0.5, 0.6) is 5.75 Å². The molecule has 0 unspecified atom stereocenters. The Hall–Kier alpha value is -2.06. The Morgan fingerprint density at radius 1 is 1.48 bits per heavy atom. The first kappa shape index (κ1) is 13.9. The molecule has 108 valence electrons. The molecule has 2 heterocycles. The molecule has 0 atom stereocenters. The third-order valence-corrected chi connectivity index (χ3v) is 4.77. The van der Waals surface area contributed by atoms with Crippen LogP contribution in [0, 0.1) is 6.92 Å². The number of benzene rings is 1. The number of phenols is 1. The van der Waals surface area contributed by atoms with Gasteiger partial charge in [-0.3, -0.25) is 4.79 Å². The summed E-state index contributed by atoms with van der Waals surface area (Å²) in [6.07, 6.45) is 3.40. The number of hydrogen-bond acceptors (Lipinski definition) is 6. The second kappa shape index (κ2) is 5.38. The summed E-state index contributed by atoms with van der Waals surface area (Å²) >= 11 is 2.92. The predicted molar refractivity (Wildman–Crippen MR) is 83.4 cm³/mol. The maximum Gasteiger partial charge on any atom is 0.276 e. The fraction of sp³-hybridized carbons (Fsp3) is 0.154. The van der Waals surface area contributed by atoms with Crippen molar-refractivity contribution in [1.29, 1.82) is 0 Å². The van der Waals surface area contributed by atoms with Gasteiger partial charge in [0.1, 0.15) is 5.75 Å². The van der Waals surface area contributed by atoms with Gasteiger partial charge in [0.25, 0.3) is 5.91 Å². The molecule has 0 aliphatic carbocycles. The molecule has 0 fully saturated rings. The van der Waals surface area contributed by atoms with Crippen LogP contribution in [0.1, 0.15) is 16.1 Å². The van der Waals surface area contributed by atoms with E-state index < -0.39 is 0 Å². The normalized spacial score (nSPS) is 11.0. The van der Waals surface area contributed by atoms with Gasteiger partial charge in [0.05, 0.1) is 11.9 Å². The number of nitrogens with zero attached hydrogens (tertiary/aromatic N) is 3. The molecule has 3 rings (SSSR count). The minimum atomic E-state index is -0.360. The number of nitrogens with one attached hydrogen (secondary N) is 1. The van der Waals surface area contributed by atoms with Crippen LogP contribution in [0.15, 0.2) is 28.7 Å². The topological polar surface area (TPSA) is 79.5 Å². The van der Waals surface area contributed by atoms with E-state index in [1.807, 2.05) is 13.2 Å². The number of thioether (sulfide) groups is 1. The van der Waals surface area contributed by atoms with Gasteiger partial charge in [-0.25, -0.2) is 4.98 Å². The van der Waals surface area contributed by atoms with Crippen LogP contribution >= 0.6 is 23.1 Å². The molecule has 0 saturated carbocycles. The van der Waals surface area contributed by atoms with Crippen LogP contribution in [-0.2, 0) is 0 Å². The monoisotopic (exact) mass is 320 g/mol. The van der Waals surface area contributed by atoms with Crippen LogP contribution in [0.3, 0.4) is 0 Å². The summed E-state index contributed by atoms with van der Waals surface area (Å²) in [5, 5.41) is 16.8. The van der Waals surface area contributed by atoms with E-state index in [1.165, 1.54) is 33.8 Å². The van der Waals surface area contributed by atoms with E-state index in [-0.39, 0.29) is 11.7 Å². The molecule has 3 aromatic rings. The number of aromatic hydroxyl groups is 1. The van der Waals surface area contributed by atoms with Crippen molar-refractivity contribution in [2.45, 2.75) is 11.3 Å². The zero-order valence-electron chi connectivity index (χ0n) is 11.3. The molecule has 1 amide bonds. The fourth-order valence-electron chi connectivity index (χ4n) is 1.85. The first-order chi connectivity index (χ1) is 10.1.